The molecule has 0 bridgehead atoms. The van der Waals surface area contributed by atoms with E-state index >= 15 is 0 Å². The highest BCUT2D eigenvalue weighted by molar-refractivity contribution is 6.21. The van der Waals surface area contributed by atoms with Crippen molar-refractivity contribution in [1.82, 2.24) is 9.88 Å². The van der Waals surface area contributed by atoms with E-state index in [2.05, 4.69) is 4.98 Å². The van der Waals surface area contributed by atoms with E-state index in [9.17, 15) is 14.7 Å². The predicted octanol–water partition coefficient (Wildman–Crippen LogP) is 0.608. The van der Waals surface area contributed by atoms with Gasteiger partial charge in [0.15, 0.2) is 0 Å². The van der Waals surface area contributed by atoms with Crippen LogP contribution >= 0.6 is 0 Å². The number of imide groups is 1. The Morgan fingerprint density at radius 2 is 1.65 bits per heavy atom. The molecule has 0 aliphatic carbocycles. The summed E-state index contributed by atoms with van der Waals surface area (Å²) in [6.45, 7) is -0.125. The maximum Gasteiger partial charge on any atom is 0.261 e. The van der Waals surface area contributed by atoms with Crippen LogP contribution in [0.2, 0.25) is 0 Å². The quantitative estimate of drug-likeness (QED) is 0.789. The number of carbonyl (C=O) groups excluding carboxylic acids is 2. The number of nitrogens with zero attached hydrogens (tertiary/aromatic N) is 2. The first-order valence-electron chi connectivity index (χ1n) is 7.36. The van der Waals surface area contributed by atoms with Crippen LogP contribution in [0, 0.1) is 0 Å². The molecular weight excluding hydrogens is 294 g/mol. The lowest BCUT2D eigenvalue weighted by Crippen LogP contribution is -2.46. The third kappa shape index (κ3) is 2.99. The van der Waals surface area contributed by atoms with E-state index in [0.29, 0.717) is 17.5 Å². The molecule has 6 heteroatoms. The number of pyridine rings is 1. The Kier molecular flexibility index (Phi) is 4.18. The third-order valence-electron chi connectivity index (χ3n) is 3.91. The molecule has 0 unspecified atom stereocenters. The van der Waals surface area contributed by atoms with Crippen LogP contribution in [0.15, 0.2) is 48.7 Å². The summed E-state index contributed by atoms with van der Waals surface area (Å²) in [5, 5.41) is 10.3. The van der Waals surface area contributed by atoms with Gasteiger partial charge in [0.05, 0.1) is 23.8 Å². The van der Waals surface area contributed by atoms with E-state index in [1.54, 1.807) is 36.5 Å². The summed E-state index contributed by atoms with van der Waals surface area (Å²) < 4.78 is 0. The van der Waals surface area contributed by atoms with Crippen molar-refractivity contribution in [2.45, 2.75) is 18.6 Å². The number of hydrogen-bond acceptors (Lipinski definition) is 5. The Morgan fingerprint density at radius 3 is 2.22 bits per heavy atom. The molecule has 0 fully saturated rings. The van der Waals surface area contributed by atoms with Crippen LogP contribution < -0.4 is 5.73 Å². The molecule has 2 aromatic rings. The SMILES string of the molecule is N[C@H](Cc1ccccn1)[C@H](O)CN1C(=O)c2ccccc2C1=O. The minimum absolute atomic E-state index is 0.125. The molecular formula is C17H17N3O3. The lowest BCUT2D eigenvalue weighted by Gasteiger charge is -2.23. The normalized spacial score (nSPS) is 16.3. The van der Waals surface area contributed by atoms with Crippen LogP contribution in [0.1, 0.15) is 26.4 Å². The van der Waals surface area contributed by atoms with Crippen molar-refractivity contribution in [3.8, 4) is 0 Å². The van der Waals surface area contributed by atoms with Gasteiger partial charge in [-0.2, -0.15) is 0 Å². The molecule has 23 heavy (non-hydrogen) atoms. The van der Waals surface area contributed by atoms with Crippen molar-refractivity contribution in [3.63, 3.8) is 0 Å². The lowest BCUT2D eigenvalue weighted by molar-refractivity contribution is 0.0508. The third-order valence-corrected chi connectivity index (χ3v) is 3.91. The van der Waals surface area contributed by atoms with Crippen LogP contribution in [0.25, 0.3) is 0 Å². The second kappa shape index (κ2) is 6.28. The van der Waals surface area contributed by atoms with Gasteiger partial charge in [0.2, 0.25) is 0 Å². The van der Waals surface area contributed by atoms with Gasteiger partial charge >= 0.3 is 0 Å². The number of aromatic nitrogens is 1. The number of amides is 2. The van der Waals surface area contributed by atoms with E-state index in [-0.39, 0.29) is 6.54 Å². The zero-order chi connectivity index (χ0) is 16.4. The number of nitrogens with two attached hydrogens (primary N) is 1. The second-order valence-corrected chi connectivity index (χ2v) is 5.52. The molecule has 1 aromatic carbocycles. The molecule has 1 aromatic heterocycles. The second-order valence-electron chi connectivity index (χ2n) is 5.52. The molecule has 2 amide bonds. The molecule has 6 nitrogen and oxygen atoms in total. The van der Waals surface area contributed by atoms with Crippen LogP contribution in [-0.4, -0.2) is 45.5 Å². The molecule has 1 aliphatic rings. The molecule has 2 atom stereocenters. The van der Waals surface area contributed by atoms with Gasteiger partial charge in [-0.15, -0.1) is 0 Å². The Balaban J connectivity index is 1.68. The number of β-amino-alcohol motifs (C(OH)–C–C–N with tert-alkyl or cyclic N) is 1. The summed E-state index contributed by atoms with van der Waals surface area (Å²) >= 11 is 0. The standard InChI is InChI=1S/C17H17N3O3/c18-14(9-11-5-3-4-8-19-11)15(21)10-20-16(22)12-6-1-2-7-13(12)17(20)23/h1-8,14-15,21H,9-10,18H2/t14-,15-/m1/s1. The highest BCUT2D eigenvalue weighted by atomic mass is 16.3. The number of benzene rings is 1. The van der Waals surface area contributed by atoms with Crippen molar-refractivity contribution < 1.29 is 14.7 Å². The van der Waals surface area contributed by atoms with Gasteiger partial charge in [-0.25, -0.2) is 0 Å². The van der Waals surface area contributed by atoms with E-state index in [1.165, 1.54) is 0 Å². The van der Waals surface area contributed by atoms with Crippen molar-refractivity contribution in [3.05, 3.63) is 65.5 Å². The fourth-order valence-electron chi connectivity index (χ4n) is 2.62. The largest absolute Gasteiger partial charge is 0.390 e. The van der Waals surface area contributed by atoms with Crippen molar-refractivity contribution in [2.75, 3.05) is 6.54 Å². The Labute approximate surface area is 133 Å². The van der Waals surface area contributed by atoms with Crippen LogP contribution in [0.4, 0.5) is 0 Å². The number of hydrogen-bond donors (Lipinski definition) is 2. The zero-order valence-electron chi connectivity index (χ0n) is 12.4. The first-order chi connectivity index (χ1) is 11.1. The molecule has 3 rings (SSSR count). The summed E-state index contributed by atoms with van der Waals surface area (Å²) in [4.78, 5) is 29.7. The minimum atomic E-state index is -1.01. The number of carbonyl (C=O) groups is 2. The first kappa shape index (κ1) is 15.3. The molecule has 118 valence electrons. The monoisotopic (exact) mass is 311 g/mol. The van der Waals surface area contributed by atoms with Gasteiger partial charge < -0.3 is 10.8 Å². The van der Waals surface area contributed by atoms with Crippen molar-refractivity contribution in [1.29, 1.82) is 0 Å². The van der Waals surface area contributed by atoms with Gasteiger partial charge in [0.1, 0.15) is 0 Å². The number of aliphatic hydroxyl groups is 1. The van der Waals surface area contributed by atoms with Crippen LogP contribution in [-0.2, 0) is 6.42 Å². The molecule has 0 saturated heterocycles. The van der Waals surface area contributed by atoms with E-state index in [0.717, 1.165) is 10.6 Å². The molecule has 3 N–H and O–H groups in total. The van der Waals surface area contributed by atoms with Crippen LogP contribution in [0.3, 0.4) is 0 Å². The minimum Gasteiger partial charge on any atom is -0.390 e. The summed E-state index contributed by atoms with van der Waals surface area (Å²) in [6, 6.07) is 11.5. The summed E-state index contributed by atoms with van der Waals surface area (Å²) in [7, 11) is 0. The number of aliphatic hydroxyl groups excluding tert-OH is 1. The topological polar surface area (TPSA) is 96.5 Å². The maximum absolute atomic E-state index is 12.3. The van der Waals surface area contributed by atoms with Gasteiger partial charge in [0, 0.05) is 24.4 Å². The van der Waals surface area contributed by atoms with Gasteiger partial charge in [-0.1, -0.05) is 18.2 Å². The Bertz CT molecular complexity index is 698. The number of rotatable bonds is 5. The molecule has 2 heterocycles. The number of fused-ring (bicyclic) bond motifs is 1. The Hall–Kier alpha value is -2.57. The van der Waals surface area contributed by atoms with Gasteiger partial charge in [0.25, 0.3) is 11.8 Å². The molecule has 1 aliphatic heterocycles. The summed E-state index contributed by atoms with van der Waals surface area (Å²) in [5.41, 5.74) is 7.46. The lowest BCUT2D eigenvalue weighted by atomic mass is 10.1. The maximum atomic E-state index is 12.3. The summed E-state index contributed by atoms with van der Waals surface area (Å²) in [5.74, 6) is -0.788. The molecule has 0 radical (unpaired) electrons. The van der Waals surface area contributed by atoms with E-state index < -0.39 is 24.0 Å². The highest BCUT2D eigenvalue weighted by Crippen LogP contribution is 2.22. The summed E-state index contributed by atoms with van der Waals surface area (Å²) in [6.07, 6.45) is 1.00. The zero-order valence-corrected chi connectivity index (χ0v) is 12.4. The van der Waals surface area contributed by atoms with E-state index in [4.69, 9.17) is 5.73 Å². The fourth-order valence-corrected chi connectivity index (χ4v) is 2.62. The molecule has 0 spiro atoms. The average molecular weight is 311 g/mol. The smallest absolute Gasteiger partial charge is 0.261 e. The Morgan fingerprint density at radius 1 is 1.04 bits per heavy atom. The molecule has 0 saturated carbocycles. The van der Waals surface area contributed by atoms with Gasteiger partial charge in [-0.3, -0.25) is 19.5 Å². The van der Waals surface area contributed by atoms with E-state index in [1.807, 2.05) is 12.1 Å². The average Bonchev–Trinajstić information content (AvgIpc) is 2.81. The highest BCUT2D eigenvalue weighted by Gasteiger charge is 2.36. The van der Waals surface area contributed by atoms with Crippen molar-refractivity contribution in [2.24, 2.45) is 5.73 Å². The predicted molar refractivity (Wildman–Crippen MR) is 83.7 cm³/mol. The van der Waals surface area contributed by atoms with Crippen LogP contribution in [0.5, 0.6) is 0 Å². The first-order valence-corrected chi connectivity index (χ1v) is 7.36. The van der Waals surface area contributed by atoms with Gasteiger partial charge in [-0.05, 0) is 24.3 Å². The van der Waals surface area contributed by atoms with Crippen molar-refractivity contribution >= 4 is 11.8 Å². The fraction of sp³-hybridized carbons (Fsp3) is 0.235.